The second-order valence-corrected chi connectivity index (χ2v) is 12.7. The molecule has 0 rings (SSSR count). The van der Waals surface area contributed by atoms with E-state index in [0.29, 0.717) is 25.3 Å². The van der Waals surface area contributed by atoms with Gasteiger partial charge in [0.2, 0.25) is 0 Å². The Hall–Kier alpha value is -0.920. The lowest BCUT2D eigenvalue weighted by molar-refractivity contribution is -0.149. The first kappa shape index (κ1) is 40.1. The molecule has 0 aliphatic rings. The van der Waals surface area contributed by atoms with Crippen LogP contribution in [0.2, 0.25) is 0 Å². The minimum absolute atomic E-state index is 0.0125. The molecule has 0 aliphatic carbocycles. The molecule has 0 aromatic rings. The molecule has 0 heterocycles. The second-order valence-electron chi connectivity index (χ2n) is 12.3. The van der Waals surface area contributed by atoms with Crippen molar-refractivity contribution in [1.82, 2.24) is 15.1 Å². The maximum Gasteiger partial charge on any atom is 0.308 e. The van der Waals surface area contributed by atoms with Crippen LogP contribution in [-0.2, 0) is 14.3 Å². The van der Waals surface area contributed by atoms with Crippen LogP contribution in [0.25, 0.3) is 0 Å². The number of nitrogens with one attached hydrogen (secondary N) is 1. The summed E-state index contributed by atoms with van der Waals surface area (Å²) in [5.41, 5.74) is 0. The van der Waals surface area contributed by atoms with Gasteiger partial charge in [0, 0.05) is 45.4 Å². The molecule has 0 radical (unpaired) electrons. The molecule has 0 saturated carbocycles. The second kappa shape index (κ2) is 27.9. The number of hydrogen-bond acceptors (Lipinski definition) is 5. The summed E-state index contributed by atoms with van der Waals surface area (Å²) >= 11 is 5.76. The van der Waals surface area contributed by atoms with Crippen LogP contribution in [0.4, 0.5) is 0 Å². The maximum atomic E-state index is 13.0. The summed E-state index contributed by atoms with van der Waals surface area (Å²) in [5.74, 6) is 0.0689. The summed E-state index contributed by atoms with van der Waals surface area (Å²) < 4.78 is 11.1. The Morgan fingerprint density at radius 1 is 0.707 bits per heavy atom. The minimum atomic E-state index is 0.0125. The smallest absolute Gasteiger partial charge is 0.308 e. The van der Waals surface area contributed by atoms with Gasteiger partial charge in [-0.05, 0) is 85.0 Å². The number of hydrogen-bond donors (Lipinski definition) is 1. The van der Waals surface area contributed by atoms with Crippen LogP contribution in [0.5, 0.6) is 0 Å². The molecule has 0 fully saturated rings. The highest BCUT2D eigenvalue weighted by molar-refractivity contribution is 7.80. The quantitative estimate of drug-likeness (QED) is 0.0551. The van der Waals surface area contributed by atoms with Crippen molar-refractivity contribution < 1.29 is 14.3 Å². The van der Waals surface area contributed by atoms with E-state index in [4.69, 9.17) is 21.7 Å². The maximum absolute atomic E-state index is 13.0. The molecule has 0 saturated heterocycles. The molecular formula is C34H69N3O3S. The van der Waals surface area contributed by atoms with Crippen molar-refractivity contribution in [3.8, 4) is 0 Å². The highest BCUT2D eigenvalue weighted by atomic mass is 32.1. The van der Waals surface area contributed by atoms with Crippen LogP contribution in [0.1, 0.15) is 144 Å². The van der Waals surface area contributed by atoms with E-state index in [-0.39, 0.29) is 11.9 Å². The summed E-state index contributed by atoms with van der Waals surface area (Å²) in [6.07, 6.45) is 18.3. The highest BCUT2D eigenvalue weighted by Gasteiger charge is 2.20. The zero-order chi connectivity index (χ0) is 30.7. The van der Waals surface area contributed by atoms with Crippen LogP contribution >= 0.6 is 12.2 Å². The first-order valence-corrected chi connectivity index (χ1v) is 17.6. The van der Waals surface area contributed by atoms with E-state index < -0.39 is 0 Å². The van der Waals surface area contributed by atoms with Gasteiger partial charge in [0.05, 0.1) is 12.5 Å². The van der Waals surface area contributed by atoms with E-state index in [0.717, 1.165) is 82.7 Å². The number of ether oxygens (including phenoxy) is 2. The molecule has 7 heteroatoms. The van der Waals surface area contributed by atoms with Gasteiger partial charge in [-0.2, -0.15) is 0 Å². The molecule has 244 valence electrons. The Bertz CT molecular complexity index is 610. The van der Waals surface area contributed by atoms with Gasteiger partial charge in [0.25, 0.3) is 0 Å². The van der Waals surface area contributed by atoms with E-state index in [1.807, 2.05) is 0 Å². The van der Waals surface area contributed by atoms with Crippen molar-refractivity contribution >= 4 is 23.3 Å². The summed E-state index contributed by atoms with van der Waals surface area (Å²) in [5, 5.41) is 4.27. The lowest BCUT2D eigenvalue weighted by Crippen LogP contribution is -2.42. The van der Waals surface area contributed by atoms with Crippen LogP contribution in [0.15, 0.2) is 0 Å². The van der Waals surface area contributed by atoms with E-state index in [1.165, 1.54) is 51.4 Å². The van der Waals surface area contributed by atoms with Gasteiger partial charge in [0.15, 0.2) is 5.11 Å². The Morgan fingerprint density at radius 3 is 1.80 bits per heavy atom. The zero-order valence-electron chi connectivity index (χ0n) is 28.3. The Balaban J connectivity index is 4.61. The number of nitrogens with zero attached hydrogens (tertiary/aromatic N) is 2. The SMILES string of the molecule is CCCCCCCCC(CCCCCC)C(=O)OCCCN(CCCOC)C(=S)NCCCCN(C(C)C)C(C)C. The summed E-state index contributed by atoms with van der Waals surface area (Å²) in [6, 6.07) is 1.14. The van der Waals surface area contributed by atoms with Gasteiger partial charge in [0.1, 0.15) is 0 Å². The summed E-state index contributed by atoms with van der Waals surface area (Å²) in [7, 11) is 1.74. The van der Waals surface area contributed by atoms with E-state index in [2.05, 4.69) is 56.7 Å². The molecule has 1 unspecified atom stereocenters. The van der Waals surface area contributed by atoms with Gasteiger partial charge >= 0.3 is 5.97 Å². The fourth-order valence-electron chi connectivity index (χ4n) is 5.47. The molecular weight excluding hydrogens is 530 g/mol. The molecule has 0 aromatic heterocycles. The fourth-order valence-corrected chi connectivity index (χ4v) is 5.75. The van der Waals surface area contributed by atoms with Crippen LogP contribution in [0.3, 0.4) is 0 Å². The number of carbonyl (C=O) groups excluding carboxylic acids is 1. The van der Waals surface area contributed by atoms with E-state index in [1.54, 1.807) is 7.11 Å². The third kappa shape index (κ3) is 22.3. The number of methoxy groups -OCH3 is 1. The number of rotatable bonds is 28. The minimum Gasteiger partial charge on any atom is -0.465 e. The first-order chi connectivity index (χ1) is 19.8. The summed E-state index contributed by atoms with van der Waals surface area (Å²) in [4.78, 5) is 17.8. The van der Waals surface area contributed by atoms with Gasteiger partial charge < -0.3 is 19.7 Å². The Morgan fingerprint density at radius 2 is 1.24 bits per heavy atom. The Kier molecular flexibility index (Phi) is 27.3. The number of carbonyl (C=O) groups is 1. The lowest BCUT2D eigenvalue weighted by atomic mass is 9.94. The van der Waals surface area contributed by atoms with Crippen molar-refractivity contribution in [2.75, 3.05) is 46.5 Å². The first-order valence-electron chi connectivity index (χ1n) is 17.2. The Labute approximate surface area is 261 Å². The summed E-state index contributed by atoms with van der Waals surface area (Å²) in [6.45, 7) is 18.4. The van der Waals surface area contributed by atoms with Crippen LogP contribution in [0, 0.1) is 5.92 Å². The van der Waals surface area contributed by atoms with Gasteiger partial charge in [-0.3, -0.25) is 9.69 Å². The average molecular weight is 600 g/mol. The van der Waals surface area contributed by atoms with Gasteiger partial charge in [-0.25, -0.2) is 0 Å². The van der Waals surface area contributed by atoms with Crippen molar-refractivity contribution in [1.29, 1.82) is 0 Å². The molecule has 1 N–H and O–H groups in total. The largest absolute Gasteiger partial charge is 0.465 e. The standard InChI is InChI=1S/C34H69N3O3S/c1-8-10-12-14-15-17-23-32(22-16-13-11-9-2)33(38)40-29-21-26-36(25-20-28-39-7)34(41)35-24-18-19-27-37(30(3)4)31(5)6/h30-32H,8-29H2,1-7H3,(H,35,41). The molecule has 41 heavy (non-hydrogen) atoms. The number of esters is 1. The third-order valence-electron chi connectivity index (χ3n) is 7.97. The molecule has 0 amide bonds. The zero-order valence-corrected chi connectivity index (χ0v) is 29.1. The van der Waals surface area contributed by atoms with Crippen molar-refractivity contribution in [2.45, 2.75) is 156 Å². The monoisotopic (exact) mass is 600 g/mol. The van der Waals surface area contributed by atoms with E-state index >= 15 is 0 Å². The molecule has 1 atom stereocenters. The third-order valence-corrected chi connectivity index (χ3v) is 8.37. The fraction of sp³-hybridized carbons (Fsp3) is 0.941. The normalized spacial score (nSPS) is 12.3. The number of thiocarbonyl (C=S) groups is 1. The molecule has 0 spiro atoms. The molecule has 6 nitrogen and oxygen atoms in total. The predicted molar refractivity (Wildman–Crippen MR) is 181 cm³/mol. The topological polar surface area (TPSA) is 54.0 Å². The van der Waals surface area contributed by atoms with Crippen molar-refractivity contribution in [2.24, 2.45) is 5.92 Å². The van der Waals surface area contributed by atoms with Crippen molar-refractivity contribution in [3.63, 3.8) is 0 Å². The predicted octanol–water partition coefficient (Wildman–Crippen LogP) is 8.37. The molecule has 0 bridgehead atoms. The van der Waals surface area contributed by atoms with Gasteiger partial charge in [-0.15, -0.1) is 0 Å². The lowest BCUT2D eigenvalue weighted by Gasteiger charge is -2.30. The average Bonchev–Trinajstić information content (AvgIpc) is 2.94. The molecule has 0 aliphatic heterocycles. The van der Waals surface area contributed by atoms with Crippen LogP contribution < -0.4 is 5.32 Å². The number of unbranched alkanes of at least 4 members (excludes halogenated alkanes) is 9. The molecule has 0 aromatic carbocycles. The highest BCUT2D eigenvalue weighted by Crippen LogP contribution is 2.20. The van der Waals surface area contributed by atoms with Gasteiger partial charge in [-0.1, -0.05) is 78.1 Å². The van der Waals surface area contributed by atoms with Crippen LogP contribution in [-0.4, -0.2) is 79.5 Å². The van der Waals surface area contributed by atoms with E-state index in [9.17, 15) is 4.79 Å². The van der Waals surface area contributed by atoms with Crippen molar-refractivity contribution in [3.05, 3.63) is 0 Å².